The highest BCUT2D eigenvalue weighted by molar-refractivity contribution is 5.75. The zero-order valence-corrected chi connectivity index (χ0v) is 20.3. The van der Waals surface area contributed by atoms with E-state index in [-0.39, 0.29) is 12.1 Å². The van der Waals surface area contributed by atoms with Gasteiger partial charge in [-0.2, -0.15) is 0 Å². The number of nitrogens with zero attached hydrogens (tertiary/aromatic N) is 2. The molecule has 182 valence electrons. The number of guanidine groups is 1. The second-order valence-corrected chi connectivity index (χ2v) is 11.8. The van der Waals surface area contributed by atoms with Crippen molar-refractivity contribution in [3.8, 4) is 0 Å². The van der Waals surface area contributed by atoms with Gasteiger partial charge in [0, 0.05) is 19.2 Å². The van der Waals surface area contributed by atoms with Crippen LogP contribution >= 0.6 is 0 Å². The Hall–Kier alpha value is -1.30. The van der Waals surface area contributed by atoms with Crippen LogP contribution in [0.5, 0.6) is 0 Å². The molecular weight excluding hydrogens is 400 g/mol. The van der Waals surface area contributed by atoms with Crippen molar-refractivity contribution < 1.29 is 9.94 Å². The number of nitrogens with two attached hydrogens (primary N) is 2. The van der Waals surface area contributed by atoms with Crippen molar-refractivity contribution in [2.75, 3.05) is 13.2 Å². The van der Waals surface area contributed by atoms with Gasteiger partial charge in [-0.25, -0.2) is 0 Å². The second kappa shape index (κ2) is 9.90. The standard InChI is InChI=1S/C26H46N4O2/c1-25-13-11-23-21(8-6-19-17-20(31)10-12-26(19,23)2)22(25)9-7-18(25)5-3-15-30-32-16-4-14-29-24(27)28/h15,18-23,31H,3-14,16-17H2,1-2H3,(H4,27,28,29)/b30-15+/t18-,19+,20-,21-,22-,23-,25+,26-/m0/s1. The Labute approximate surface area is 194 Å². The summed E-state index contributed by atoms with van der Waals surface area (Å²) in [5.41, 5.74) is 11.6. The minimum absolute atomic E-state index is 0.0433. The summed E-state index contributed by atoms with van der Waals surface area (Å²) in [7, 11) is 0. The molecular formula is C26H46N4O2. The van der Waals surface area contributed by atoms with E-state index in [2.05, 4.69) is 24.0 Å². The van der Waals surface area contributed by atoms with E-state index in [1.807, 2.05) is 6.21 Å². The number of fused-ring (bicyclic) bond motifs is 5. The monoisotopic (exact) mass is 446 g/mol. The number of aliphatic hydroxyl groups excluding tert-OH is 1. The minimum atomic E-state index is -0.0433. The van der Waals surface area contributed by atoms with Crippen molar-refractivity contribution in [1.82, 2.24) is 0 Å². The number of hydrogen-bond acceptors (Lipinski definition) is 4. The van der Waals surface area contributed by atoms with E-state index in [0.29, 0.717) is 24.0 Å². The van der Waals surface area contributed by atoms with Crippen LogP contribution in [-0.2, 0) is 4.84 Å². The van der Waals surface area contributed by atoms with Gasteiger partial charge >= 0.3 is 0 Å². The molecule has 32 heavy (non-hydrogen) atoms. The summed E-state index contributed by atoms with van der Waals surface area (Å²) >= 11 is 0. The highest BCUT2D eigenvalue weighted by Gasteiger charge is 2.59. The van der Waals surface area contributed by atoms with Crippen LogP contribution in [0.4, 0.5) is 0 Å². The molecule has 4 rings (SSSR count). The predicted octanol–water partition coefficient (Wildman–Crippen LogP) is 4.45. The third kappa shape index (κ3) is 4.67. The Bertz CT molecular complexity index is 693. The molecule has 0 heterocycles. The van der Waals surface area contributed by atoms with Crippen molar-refractivity contribution in [1.29, 1.82) is 0 Å². The van der Waals surface area contributed by atoms with E-state index in [9.17, 15) is 5.11 Å². The molecule has 0 bridgehead atoms. The predicted molar refractivity (Wildman–Crippen MR) is 130 cm³/mol. The van der Waals surface area contributed by atoms with Crippen LogP contribution in [0.1, 0.15) is 90.9 Å². The Kier molecular flexibility index (Phi) is 7.38. The van der Waals surface area contributed by atoms with Crippen molar-refractivity contribution in [2.45, 2.75) is 97.0 Å². The molecule has 4 saturated carbocycles. The summed E-state index contributed by atoms with van der Waals surface area (Å²) in [5.74, 6) is 4.41. The van der Waals surface area contributed by atoms with Gasteiger partial charge in [-0.05, 0) is 111 Å². The average molecular weight is 447 g/mol. The lowest BCUT2D eigenvalue weighted by molar-refractivity contribution is -0.126. The second-order valence-electron chi connectivity index (χ2n) is 11.8. The fourth-order valence-corrected chi connectivity index (χ4v) is 8.59. The van der Waals surface area contributed by atoms with Gasteiger partial charge < -0.3 is 21.4 Å². The lowest BCUT2D eigenvalue weighted by Crippen LogP contribution is -2.53. The third-order valence-electron chi connectivity index (χ3n) is 10.3. The van der Waals surface area contributed by atoms with E-state index in [1.165, 1.54) is 51.4 Å². The lowest BCUT2D eigenvalue weighted by Gasteiger charge is -2.61. The summed E-state index contributed by atoms with van der Waals surface area (Å²) < 4.78 is 0. The molecule has 6 heteroatoms. The van der Waals surface area contributed by atoms with E-state index in [1.54, 1.807) is 0 Å². The lowest BCUT2D eigenvalue weighted by atomic mass is 9.44. The smallest absolute Gasteiger partial charge is 0.185 e. The van der Waals surface area contributed by atoms with E-state index in [0.717, 1.165) is 55.3 Å². The number of hydrogen-bond donors (Lipinski definition) is 3. The number of rotatable bonds is 8. The Morgan fingerprint density at radius 3 is 2.62 bits per heavy atom. The van der Waals surface area contributed by atoms with Crippen LogP contribution in [0.2, 0.25) is 0 Å². The summed E-state index contributed by atoms with van der Waals surface area (Å²) in [4.78, 5) is 9.30. The summed E-state index contributed by atoms with van der Waals surface area (Å²) in [5, 5.41) is 14.4. The van der Waals surface area contributed by atoms with Crippen LogP contribution in [0, 0.1) is 40.4 Å². The topological polar surface area (TPSA) is 106 Å². The molecule has 0 aromatic heterocycles. The molecule has 5 N–H and O–H groups in total. The zero-order valence-electron chi connectivity index (χ0n) is 20.3. The van der Waals surface area contributed by atoms with Gasteiger partial charge in [0.05, 0.1) is 6.10 Å². The Morgan fingerprint density at radius 1 is 1.03 bits per heavy atom. The van der Waals surface area contributed by atoms with Crippen molar-refractivity contribution >= 4 is 12.2 Å². The van der Waals surface area contributed by atoms with E-state index < -0.39 is 0 Å². The molecule has 0 spiro atoms. The van der Waals surface area contributed by atoms with Crippen LogP contribution in [0.25, 0.3) is 0 Å². The maximum atomic E-state index is 10.2. The van der Waals surface area contributed by atoms with Gasteiger partial charge in [-0.15, -0.1) is 0 Å². The first-order chi connectivity index (χ1) is 15.3. The molecule has 4 fully saturated rings. The quantitative estimate of drug-likeness (QED) is 0.222. The Morgan fingerprint density at radius 2 is 1.81 bits per heavy atom. The third-order valence-corrected chi connectivity index (χ3v) is 10.3. The molecule has 4 aliphatic carbocycles. The molecule has 0 radical (unpaired) electrons. The van der Waals surface area contributed by atoms with E-state index >= 15 is 0 Å². The SMILES string of the molecule is C[C@]12CC[C@H](O)C[C@H]1CC[C@@H]1[C@@H]2CC[C@]2(C)[C@@H](CC/C=N/OCCCN=C(N)N)CC[C@@H]12. The normalized spacial score (nSPS) is 43.3. The maximum absolute atomic E-state index is 10.2. The first-order valence-electron chi connectivity index (χ1n) is 13.2. The van der Waals surface area contributed by atoms with Gasteiger partial charge in [0.2, 0.25) is 0 Å². The largest absolute Gasteiger partial charge is 0.396 e. The fraction of sp³-hybridized carbons (Fsp3) is 0.923. The van der Waals surface area contributed by atoms with Crippen molar-refractivity contribution in [3.63, 3.8) is 0 Å². The van der Waals surface area contributed by atoms with Crippen molar-refractivity contribution in [2.24, 2.45) is 62.0 Å². The fourth-order valence-electron chi connectivity index (χ4n) is 8.59. The maximum Gasteiger partial charge on any atom is 0.185 e. The van der Waals surface area contributed by atoms with Crippen LogP contribution in [0.15, 0.2) is 10.1 Å². The Balaban J connectivity index is 1.27. The van der Waals surface area contributed by atoms with Crippen LogP contribution in [-0.4, -0.2) is 36.5 Å². The molecule has 0 amide bonds. The van der Waals surface area contributed by atoms with Gasteiger partial charge in [0.1, 0.15) is 6.61 Å². The molecule has 8 atom stereocenters. The molecule has 0 unspecified atom stereocenters. The number of aliphatic hydroxyl groups is 1. The number of oxime groups is 1. The first kappa shape index (κ1) is 23.8. The van der Waals surface area contributed by atoms with Crippen molar-refractivity contribution in [3.05, 3.63) is 0 Å². The van der Waals surface area contributed by atoms with Gasteiger partial charge in [-0.3, -0.25) is 4.99 Å². The molecule has 0 aromatic rings. The van der Waals surface area contributed by atoms with Crippen LogP contribution < -0.4 is 11.5 Å². The molecule has 4 aliphatic rings. The van der Waals surface area contributed by atoms with E-state index in [4.69, 9.17) is 16.3 Å². The first-order valence-corrected chi connectivity index (χ1v) is 13.2. The highest BCUT2D eigenvalue weighted by atomic mass is 16.6. The molecule has 0 aromatic carbocycles. The molecule has 0 saturated heterocycles. The van der Waals surface area contributed by atoms with Gasteiger partial charge in [-0.1, -0.05) is 19.0 Å². The van der Waals surface area contributed by atoms with Crippen LogP contribution in [0.3, 0.4) is 0 Å². The highest BCUT2D eigenvalue weighted by Crippen LogP contribution is 2.67. The minimum Gasteiger partial charge on any atom is -0.396 e. The summed E-state index contributed by atoms with van der Waals surface area (Å²) in [6.45, 7) is 6.34. The average Bonchev–Trinajstić information content (AvgIpc) is 3.09. The molecule has 0 aliphatic heterocycles. The van der Waals surface area contributed by atoms with Gasteiger partial charge in [0.25, 0.3) is 0 Å². The summed E-state index contributed by atoms with van der Waals surface area (Å²) in [6.07, 6.45) is 16.6. The zero-order chi connectivity index (χ0) is 22.8. The van der Waals surface area contributed by atoms with Gasteiger partial charge in [0.15, 0.2) is 5.96 Å². The number of aliphatic imine (C=N–C) groups is 1. The molecule has 6 nitrogen and oxygen atoms in total. The summed E-state index contributed by atoms with van der Waals surface area (Å²) in [6, 6.07) is 0.